The summed E-state index contributed by atoms with van der Waals surface area (Å²) in [4.78, 5) is 13.9. The number of aromatic nitrogens is 2. The number of methoxy groups -OCH3 is 1. The number of H-pyrrole nitrogens is 1. The Morgan fingerprint density at radius 3 is 3.00 bits per heavy atom. The molecule has 2 rings (SSSR count). The maximum Gasteiger partial charge on any atom is 0.237 e. The molecule has 84 valence electrons. The van der Waals surface area contributed by atoms with E-state index >= 15 is 0 Å². The van der Waals surface area contributed by atoms with Gasteiger partial charge >= 0.3 is 0 Å². The zero-order valence-corrected chi connectivity index (χ0v) is 9.50. The number of nitrogens with zero attached hydrogens (tertiary/aromatic N) is 1. The lowest BCUT2D eigenvalue weighted by atomic mass is 10.3. The largest absolute Gasteiger partial charge is 0.497 e. The van der Waals surface area contributed by atoms with Gasteiger partial charge in [0, 0.05) is 6.07 Å². The first-order valence-electron chi connectivity index (χ1n) is 4.66. The lowest BCUT2D eigenvalue weighted by Gasteiger charge is -2.02. The van der Waals surface area contributed by atoms with Gasteiger partial charge in [0.05, 0.1) is 18.1 Å². The fourth-order valence-corrected chi connectivity index (χ4v) is 1.86. The number of hydrogen-bond acceptors (Lipinski definition) is 3. The number of carbonyl (C=O) groups excluding carboxylic acids is 1. The van der Waals surface area contributed by atoms with E-state index in [4.69, 9.17) is 22.7 Å². The number of primary amides is 1. The third-order valence-electron chi connectivity index (χ3n) is 2.30. The molecule has 1 heterocycles. The van der Waals surface area contributed by atoms with Crippen molar-refractivity contribution >= 4 is 29.2 Å². The van der Waals surface area contributed by atoms with Crippen LogP contribution in [0.25, 0.3) is 11.0 Å². The number of nitrogens with two attached hydrogens (primary N) is 1. The fourth-order valence-electron chi connectivity index (χ4n) is 1.58. The molecular weight excluding hydrogens is 226 g/mol. The summed E-state index contributed by atoms with van der Waals surface area (Å²) < 4.78 is 7.23. The summed E-state index contributed by atoms with van der Waals surface area (Å²) in [5.41, 5.74) is 6.82. The van der Waals surface area contributed by atoms with Crippen molar-refractivity contribution in [3.63, 3.8) is 0 Å². The predicted molar refractivity (Wildman–Crippen MR) is 62.9 cm³/mol. The summed E-state index contributed by atoms with van der Waals surface area (Å²) >= 11 is 5.11. The minimum Gasteiger partial charge on any atom is -0.497 e. The molecule has 0 saturated carbocycles. The molecule has 0 atom stereocenters. The Labute approximate surface area is 96.8 Å². The second kappa shape index (κ2) is 3.97. The number of fused-ring (bicyclic) bond motifs is 1. The van der Waals surface area contributed by atoms with Crippen molar-refractivity contribution in [1.82, 2.24) is 9.55 Å². The summed E-state index contributed by atoms with van der Waals surface area (Å²) in [6.07, 6.45) is 0. The van der Waals surface area contributed by atoms with Crippen molar-refractivity contribution < 1.29 is 9.53 Å². The van der Waals surface area contributed by atoms with Gasteiger partial charge in [-0.15, -0.1) is 0 Å². The third-order valence-corrected chi connectivity index (χ3v) is 2.62. The van der Waals surface area contributed by atoms with Crippen LogP contribution in [0.1, 0.15) is 0 Å². The lowest BCUT2D eigenvalue weighted by molar-refractivity contribution is -0.118. The molecule has 0 spiro atoms. The van der Waals surface area contributed by atoms with Gasteiger partial charge in [0.25, 0.3) is 0 Å². The summed E-state index contributed by atoms with van der Waals surface area (Å²) in [6, 6.07) is 5.47. The highest BCUT2D eigenvalue weighted by atomic mass is 32.1. The van der Waals surface area contributed by atoms with Crippen molar-refractivity contribution in [1.29, 1.82) is 0 Å². The monoisotopic (exact) mass is 237 g/mol. The number of rotatable bonds is 3. The standard InChI is InChI=1S/C10H11N3O2S/c1-15-6-2-3-8-7(4-6)12-10(16)13(8)5-9(11)14/h2-4H,5H2,1H3,(H2,11,14)(H,12,16). The van der Waals surface area contributed by atoms with Crippen LogP contribution in [-0.4, -0.2) is 22.6 Å². The molecule has 0 fully saturated rings. The summed E-state index contributed by atoms with van der Waals surface area (Å²) in [6.45, 7) is 0.0746. The first kappa shape index (κ1) is 10.7. The van der Waals surface area contributed by atoms with Gasteiger partial charge in [-0.05, 0) is 24.4 Å². The van der Waals surface area contributed by atoms with Gasteiger partial charge in [-0.1, -0.05) is 0 Å². The van der Waals surface area contributed by atoms with Crippen LogP contribution in [0.15, 0.2) is 18.2 Å². The number of hydrogen-bond donors (Lipinski definition) is 2. The normalized spacial score (nSPS) is 10.6. The Hall–Kier alpha value is -1.82. The Balaban J connectivity index is 2.62. The summed E-state index contributed by atoms with van der Waals surface area (Å²) in [7, 11) is 1.59. The molecule has 0 aliphatic rings. The van der Waals surface area contributed by atoms with Gasteiger partial charge in [-0.25, -0.2) is 0 Å². The SMILES string of the molecule is COc1ccc2c(c1)[nH]c(=S)n2CC(N)=O. The van der Waals surface area contributed by atoms with Gasteiger partial charge in [0.2, 0.25) is 5.91 Å². The van der Waals surface area contributed by atoms with Crippen LogP contribution in [0.4, 0.5) is 0 Å². The van der Waals surface area contributed by atoms with E-state index in [0.717, 1.165) is 16.8 Å². The van der Waals surface area contributed by atoms with E-state index in [2.05, 4.69) is 4.98 Å². The molecule has 0 radical (unpaired) electrons. The van der Waals surface area contributed by atoms with E-state index in [9.17, 15) is 4.79 Å². The van der Waals surface area contributed by atoms with E-state index in [1.807, 2.05) is 18.2 Å². The van der Waals surface area contributed by atoms with Crippen molar-refractivity contribution in [3.8, 4) is 5.75 Å². The molecule has 1 aromatic carbocycles. The topological polar surface area (TPSA) is 73.0 Å². The third kappa shape index (κ3) is 1.79. The van der Waals surface area contributed by atoms with Crippen LogP contribution in [0.3, 0.4) is 0 Å². The number of amides is 1. The number of aromatic amines is 1. The Morgan fingerprint density at radius 1 is 1.62 bits per heavy atom. The lowest BCUT2D eigenvalue weighted by Crippen LogP contribution is -2.18. The molecule has 6 heteroatoms. The molecular formula is C10H11N3O2S. The maximum absolute atomic E-state index is 10.9. The highest BCUT2D eigenvalue weighted by Gasteiger charge is 2.07. The number of carbonyl (C=O) groups is 1. The Bertz CT molecular complexity index is 600. The average molecular weight is 237 g/mol. The van der Waals surface area contributed by atoms with Crippen LogP contribution in [0.5, 0.6) is 5.75 Å². The van der Waals surface area contributed by atoms with Crippen molar-refractivity contribution in [2.45, 2.75) is 6.54 Å². The predicted octanol–water partition coefficient (Wildman–Crippen LogP) is 1.19. The number of benzene rings is 1. The first-order valence-corrected chi connectivity index (χ1v) is 5.07. The Kier molecular flexibility index (Phi) is 2.66. The van der Waals surface area contributed by atoms with E-state index in [-0.39, 0.29) is 6.54 Å². The van der Waals surface area contributed by atoms with E-state index < -0.39 is 5.91 Å². The maximum atomic E-state index is 10.9. The smallest absolute Gasteiger partial charge is 0.237 e. The van der Waals surface area contributed by atoms with Crippen LogP contribution in [0, 0.1) is 4.77 Å². The van der Waals surface area contributed by atoms with Gasteiger partial charge in [-0.2, -0.15) is 0 Å². The molecule has 1 amide bonds. The molecule has 2 aromatic rings. The molecule has 0 unspecified atom stereocenters. The fraction of sp³-hybridized carbons (Fsp3) is 0.200. The van der Waals surface area contributed by atoms with E-state index in [0.29, 0.717) is 4.77 Å². The second-order valence-corrected chi connectivity index (χ2v) is 3.75. The quantitative estimate of drug-likeness (QED) is 0.788. The van der Waals surface area contributed by atoms with E-state index in [1.165, 1.54) is 0 Å². The molecule has 0 saturated heterocycles. The number of ether oxygens (including phenoxy) is 1. The molecule has 3 N–H and O–H groups in total. The molecule has 1 aromatic heterocycles. The van der Waals surface area contributed by atoms with Gasteiger partial charge < -0.3 is 20.0 Å². The van der Waals surface area contributed by atoms with Crippen LogP contribution < -0.4 is 10.5 Å². The minimum absolute atomic E-state index is 0.0746. The van der Waals surface area contributed by atoms with Crippen LogP contribution >= 0.6 is 12.2 Å². The van der Waals surface area contributed by atoms with Gasteiger partial charge in [0.1, 0.15) is 12.3 Å². The zero-order chi connectivity index (χ0) is 11.7. The minimum atomic E-state index is -0.423. The van der Waals surface area contributed by atoms with Gasteiger partial charge in [-0.3, -0.25) is 4.79 Å². The van der Waals surface area contributed by atoms with Gasteiger partial charge in [0.15, 0.2) is 4.77 Å². The van der Waals surface area contributed by atoms with Crippen molar-refractivity contribution in [2.24, 2.45) is 5.73 Å². The van der Waals surface area contributed by atoms with E-state index in [1.54, 1.807) is 11.7 Å². The summed E-state index contributed by atoms with van der Waals surface area (Å²) in [5, 5.41) is 0. The second-order valence-electron chi connectivity index (χ2n) is 3.37. The molecule has 0 aliphatic heterocycles. The molecule has 0 aliphatic carbocycles. The first-order chi connectivity index (χ1) is 7.61. The van der Waals surface area contributed by atoms with Crippen LogP contribution in [-0.2, 0) is 11.3 Å². The zero-order valence-electron chi connectivity index (χ0n) is 8.69. The molecule has 0 bridgehead atoms. The summed E-state index contributed by atoms with van der Waals surface area (Å²) in [5.74, 6) is 0.308. The molecule has 16 heavy (non-hydrogen) atoms. The van der Waals surface area contributed by atoms with Crippen molar-refractivity contribution in [3.05, 3.63) is 23.0 Å². The van der Waals surface area contributed by atoms with Crippen LogP contribution in [0.2, 0.25) is 0 Å². The average Bonchev–Trinajstić information content (AvgIpc) is 2.54. The Morgan fingerprint density at radius 2 is 2.38 bits per heavy atom. The van der Waals surface area contributed by atoms with Crippen molar-refractivity contribution in [2.75, 3.05) is 7.11 Å². The highest BCUT2D eigenvalue weighted by molar-refractivity contribution is 7.71. The highest BCUT2D eigenvalue weighted by Crippen LogP contribution is 2.20. The number of nitrogens with one attached hydrogen (secondary N) is 1. The number of imidazole rings is 1. The molecule has 5 nitrogen and oxygen atoms in total.